The molecule has 108 valence electrons. The molecular formula is C17H29NS. The van der Waals surface area contributed by atoms with Crippen molar-refractivity contribution >= 4 is 11.3 Å². The molecule has 1 aliphatic carbocycles. The van der Waals surface area contributed by atoms with Gasteiger partial charge in [-0.1, -0.05) is 26.7 Å². The average molecular weight is 279 g/mol. The zero-order valence-electron chi connectivity index (χ0n) is 12.7. The molecule has 1 heterocycles. The van der Waals surface area contributed by atoms with Crippen molar-refractivity contribution in [2.75, 3.05) is 13.1 Å². The largest absolute Gasteiger partial charge is 0.316 e. The second kappa shape index (κ2) is 7.44. The monoisotopic (exact) mass is 279 g/mol. The predicted octanol–water partition coefficient (Wildman–Crippen LogP) is 4.97. The van der Waals surface area contributed by atoms with Gasteiger partial charge in [0.15, 0.2) is 0 Å². The highest BCUT2D eigenvalue weighted by atomic mass is 32.1. The Morgan fingerprint density at radius 2 is 2.16 bits per heavy atom. The van der Waals surface area contributed by atoms with Crippen LogP contribution in [0.25, 0.3) is 0 Å². The molecule has 1 aromatic heterocycles. The first-order valence-electron chi connectivity index (χ1n) is 8.00. The minimum Gasteiger partial charge on any atom is -0.316 e. The third kappa shape index (κ3) is 3.82. The van der Waals surface area contributed by atoms with Crippen LogP contribution < -0.4 is 5.32 Å². The van der Waals surface area contributed by atoms with Crippen LogP contribution in [0.5, 0.6) is 0 Å². The van der Waals surface area contributed by atoms with Crippen molar-refractivity contribution in [1.29, 1.82) is 0 Å². The SMILES string of the molecule is CCCNCC1CCC(CC)CC1c1ccsc1C. The number of rotatable bonds is 6. The standard InChI is InChI=1S/C17H29NS/c1-4-9-18-12-15-7-6-14(5-2)11-17(15)16-8-10-19-13(16)3/h8,10,14-15,17-18H,4-7,9,11-12H2,1-3H3. The van der Waals surface area contributed by atoms with Crippen molar-refractivity contribution in [3.8, 4) is 0 Å². The normalized spacial score (nSPS) is 27.6. The van der Waals surface area contributed by atoms with E-state index in [1.54, 1.807) is 10.4 Å². The van der Waals surface area contributed by atoms with E-state index in [1.165, 1.54) is 45.2 Å². The van der Waals surface area contributed by atoms with Gasteiger partial charge < -0.3 is 5.32 Å². The van der Waals surface area contributed by atoms with Crippen molar-refractivity contribution in [3.63, 3.8) is 0 Å². The van der Waals surface area contributed by atoms with E-state index in [4.69, 9.17) is 0 Å². The van der Waals surface area contributed by atoms with E-state index in [0.29, 0.717) is 0 Å². The fraction of sp³-hybridized carbons (Fsp3) is 0.765. The van der Waals surface area contributed by atoms with Gasteiger partial charge >= 0.3 is 0 Å². The van der Waals surface area contributed by atoms with Gasteiger partial charge in [0.2, 0.25) is 0 Å². The van der Waals surface area contributed by atoms with E-state index in [1.807, 2.05) is 11.3 Å². The molecule has 1 nitrogen and oxygen atoms in total. The second-order valence-electron chi connectivity index (χ2n) is 6.09. The summed E-state index contributed by atoms with van der Waals surface area (Å²) < 4.78 is 0. The van der Waals surface area contributed by atoms with Crippen molar-refractivity contribution in [3.05, 3.63) is 21.9 Å². The molecule has 0 amide bonds. The van der Waals surface area contributed by atoms with Crippen LogP contribution in [0.4, 0.5) is 0 Å². The molecular weight excluding hydrogens is 250 g/mol. The maximum absolute atomic E-state index is 3.65. The summed E-state index contributed by atoms with van der Waals surface area (Å²) in [5, 5.41) is 5.93. The first-order chi connectivity index (χ1) is 9.26. The molecule has 1 saturated carbocycles. The summed E-state index contributed by atoms with van der Waals surface area (Å²) in [4.78, 5) is 1.54. The topological polar surface area (TPSA) is 12.0 Å². The molecule has 2 heteroatoms. The summed E-state index contributed by atoms with van der Waals surface area (Å²) in [6.45, 7) is 9.29. The minimum absolute atomic E-state index is 0.800. The number of hydrogen-bond donors (Lipinski definition) is 1. The Morgan fingerprint density at radius 3 is 2.79 bits per heavy atom. The van der Waals surface area contributed by atoms with Crippen LogP contribution in [-0.2, 0) is 0 Å². The van der Waals surface area contributed by atoms with Crippen molar-refractivity contribution in [1.82, 2.24) is 5.32 Å². The number of nitrogens with one attached hydrogen (secondary N) is 1. The molecule has 0 radical (unpaired) electrons. The molecule has 3 unspecified atom stereocenters. The van der Waals surface area contributed by atoms with Gasteiger partial charge in [-0.05, 0) is 74.0 Å². The molecule has 1 N–H and O–H groups in total. The third-order valence-corrected chi connectivity index (χ3v) is 5.67. The van der Waals surface area contributed by atoms with Crippen molar-refractivity contribution < 1.29 is 0 Å². The van der Waals surface area contributed by atoms with Gasteiger partial charge in [0.05, 0.1) is 0 Å². The van der Waals surface area contributed by atoms with Gasteiger partial charge in [-0.3, -0.25) is 0 Å². The summed E-state index contributed by atoms with van der Waals surface area (Å²) in [6.07, 6.45) is 6.86. The van der Waals surface area contributed by atoms with Crippen molar-refractivity contribution in [2.45, 2.75) is 58.8 Å². The van der Waals surface area contributed by atoms with Crippen LogP contribution in [0, 0.1) is 18.8 Å². The molecule has 3 atom stereocenters. The van der Waals surface area contributed by atoms with E-state index in [0.717, 1.165) is 17.8 Å². The Kier molecular flexibility index (Phi) is 5.90. The van der Waals surface area contributed by atoms with Gasteiger partial charge in [0, 0.05) is 4.88 Å². The Labute approximate surface area is 122 Å². The third-order valence-electron chi connectivity index (χ3n) is 4.81. The van der Waals surface area contributed by atoms with E-state index in [2.05, 4.69) is 37.5 Å². The summed E-state index contributed by atoms with van der Waals surface area (Å²) >= 11 is 1.92. The first-order valence-corrected chi connectivity index (χ1v) is 8.88. The maximum atomic E-state index is 3.65. The quantitative estimate of drug-likeness (QED) is 0.725. The number of thiophene rings is 1. The van der Waals surface area contributed by atoms with E-state index in [-0.39, 0.29) is 0 Å². The molecule has 1 aromatic rings. The minimum atomic E-state index is 0.800. The Balaban J connectivity index is 2.05. The van der Waals surface area contributed by atoms with Crippen LogP contribution in [0.2, 0.25) is 0 Å². The fourth-order valence-corrected chi connectivity index (χ4v) is 4.33. The molecule has 0 bridgehead atoms. The lowest BCUT2D eigenvalue weighted by Crippen LogP contribution is -2.32. The van der Waals surface area contributed by atoms with Gasteiger partial charge in [-0.2, -0.15) is 0 Å². The maximum Gasteiger partial charge on any atom is 0.00491 e. The Morgan fingerprint density at radius 1 is 1.32 bits per heavy atom. The summed E-state index contributed by atoms with van der Waals surface area (Å²) in [6, 6.07) is 2.38. The molecule has 0 aliphatic heterocycles. The highest BCUT2D eigenvalue weighted by Gasteiger charge is 2.31. The summed E-state index contributed by atoms with van der Waals surface area (Å²) in [5.74, 6) is 2.60. The van der Waals surface area contributed by atoms with E-state index >= 15 is 0 Å². The van der Waals surface area contributed by atoms with Crippen LogP contribution in [0.1, 0.15) is 62.3 Å². The van der Waals surface area contributed by atoms with Gasteiger partial charge in [-0.15, -0.1) is 11.3 Å². The molecule has 19 heavy (non-hydrogen) atoms. The highest BCUT2D eigenvalue weighted by molar-refractivity contribution is 7.10. The van der Waals surface area contributed by atoms with E-state index in [9.17, 15) is 0 Å². The molecule has 0 spiro atoms. The zero-order chi connectivity index (χ0) is 13.7. The van der Waals surface area contributed by atoms with Crippen LogP contribution in [0.15, 0.2) is 11.4 Å². The molecule has 1 fully saturated rings. The van der Waals surface area contributed by atoms with Crippen LogP contribution in [-0.4, -0.2) is 13.1 Å². The van der Waals surface area contributed by atoms with Gasteiger partial charge in [0.1, 0.15) is 0 Å². The number of hydrogen-bond acceptors (Lipinski definition) is 2. The molecule has 0 aromatic carbocycles. The van der Waals surface area contributed by atoms with Gasteiger partial charge in [-0.25, -0.2) is 0 Å². The summed E-state index contributed by atoms with van der Waals surface area (Å²) in [7, 11) is 0. The fourth-order valence-electron chi connectivity index (χ4n) is 3.56. The van der Waals surface area contributed by atoms with Gasteiger partial charge in [0.25, 0.3) is 0 Å². The van der Waals surface area contributed by atoms with Crippen LogP contribution in [0.3, 0.4) is 0 Å². The Bertz CT molecular complexity index is 369. The molecule has 0 saturated heterocycles. The van der Waals surface area contributed by atoms with Crippen molar-refractivity contribution in [2.24, 2.45) is 11.8 Å². The van der Waals surface area contributed by atoms with Crippen LogP contribution >= 0.6 is 11.3 Å². The van der Waals surface area contributed by atoms with E-state index < -0.39 is 0 Å². The molecule has 1 aliphatic rings. The lowest BCUT2D eigenvalue weighted by atomic mass is 9.70. The predicted molar refractivity (Wildman–Crippen MR) is 86.1 cm³/mol. The highest BCUT2D eigenvalue weighted by Crippen LogP contribution is 2.43. The lowest BCUT2D eigenvalue weighted by molar-refractivity contribution is 0.226. The smallest absolute Gasteiger partial charge is 0.00491 e. The number of aryl methyl sites for hydroxylation is 1. The second-order valence-corrected chi connectivity index (χ2v) is 7.21. The first kappa shape index (κ1) is 15.1. The average Bonchev–Trinajstić information content (AvgIpc) is 2.85. The molecule has 2 rings (SSSR count). The lowest BCUT2D eigenvalue weighted by Gasteiger charge is -2.36. The zero-order valence-corrected chi connectivity index (χ0v) is 13.6. The Hall–Kier alpha value is -0.340. The summed E-state index contributed by atoms with van der Waals surface area (Å²) in [5.41, 5.74) is 1.64.